The van der Waals surface area contributed by atoms with E-state index in [4.69, 9.17) is 9.47 Å². The lowest BCUT2D eigenvalue weighted by Crippen LogP contribution is -2.30. The highest BCUT2D eigenvalue weighted by atomic mass is 16.5. The maximum Gasteiger partial charge on any atom is 0.251 e. The SMILES string of the molecule is COc1ccc(C[C@H](NC(=O)c2ccc(-n3cccn3)cc2)c2ccc(OC)cc2)cc1. The molecule has 6 nitrogen and oxygen atoms in total. The van der Waals surface area contributed by atoms with Gasteiger partial charge in [0.15, 0.2) is 0 Å². The molecule has 4 rings (SSSR count). The minimum atomic E-state index is -0.201. The van der Waals surface area contributed by atoms with E-state index in [-0.39, 0.29) is 11.9 Å². The van der Waals surface area contributed by atoms with Crippen LogP contribution in [0.25, 0.3) is 5.69 Å². The highest BCUT2D eigenvalue weighted by Gasteiger charge is 2.17. The molecule has 1 atom stereocenters. The number of nitrogens with one attached hydrogen (secondary N) is 1. The van der Waals surface area contributed by atoms with Crippen LogP contribution in [0.1, 0.15) is 27.5 Å². The number of hydrogen-bond donors (Lipinski definition) is 1. The van der Waals surface area contributed by atoms with Gasteiger partial charge in [-0.3, -0.25) is 4.79 Å². The quantitative estimate of drug-likeness (QED) is 0.446. The standard InChI is InChI=1S/C26H25N3O3/c1-31-23-12-4-19(5-13-23)18-25(20-8-14-24(32-2)15-9-20)28-26(30)21-6-10-22(11-7-21)29-17-3-16-27-29/h3-17,25H,18H2,1-2H3,(H,28,30)/t25-/m0/s1. The van der Waals surface area contributed by atoms with Crippen molar-refractivity contribution in [3.63, 3.8) is 0 Å². The van der Waals surface area contributed by atoms with Gasteiger partial charge in [-0.05, 0) is 72.1 Å². The van der Waals surface area contributed by atoms with Crippen molar-refractivity contribution in [2.75, 3.05) is 14.2 Å². The molecule has 0 aliphatic rings. The van der Waals surface area contributed by atoms with Gasteiger partial charge in [-0.15, -0.1) is 0 Å². The largest absolute Gasteiger partial charge is 0.497 e. The molecule has 1 aromatic heterocycles. The molecule has 3 aromatic carbocycles. The number of nitrogens with zero attached hydrogens (tertiary/aromatic N) is 2. The van der Waals surface area contributed by atoms with Crippen LogP contribution < -0.4 is 14.8 Å². The van der Waals surface area contributed by atoms with Crippen LogP contribution in [0.5, 0.6) is 11.5 Å². The van der Waals surface area contributed by atoms with E-state index < -0.39 is 0 Å². The molecule has 0 bridgehead atoms. The zero-order valence-corrected chi connectivity index (χ0v) is 18.1. The Morgan fingerprint density at radius 3 is 2.09 bits per heavy atom. The molecule has 1 N–H and O–H groups in total. The molecule has 0 saturated carbocycles. The van der Waals surface area contributed by atoms with Crippen LogP contribution in [-0.2, 0) is 6.42 Å². The topological polar surface area (TPSA) is 65.4 Å². The zero-order chi connectivity index (χ0) is 22.3. The van der Waals surface area contributed by atoms with Crippen molar-refractivity contribution >= 4 is 5.91 Å². The van der Waals surface area contributed by atoms with Gasteiger partial charge in [0.05, 0.1) is 25.9 Å². The minimum Gasteiger partial charge on any atom is -0.497 e. The minimum absolute atomic E-state index is 0.133. The van der Waals surface area contributed by atoms with E-state index in [0.717, 1.165) is 28.3 Å². The monoisotopic (exact) mass is 427 g/mol. The molecule has 0 spiro atoms. The molecule has 0 fully saturated rings. The fourth-order valence-corrected chi connectivity index (χ4v) is 3.51. The number of hydrogen-bond acceptors (Lipinski definition) is 4. The first-order valence-electron chi connectivity index (χ1n) is 10.3. The summed E-state index contributed by atoms with van der Waals surface area (Å²) in [5.41, 5.74) is 3.59. The van der Waals surface area contributed by atoms with Crippen molar-refractivity contribution in [1.82, 2.24) is 15.1 Å². The Kier molecular flexibility index (Phi) is 6.51. The number of ether oxygens (including phenoxy) is 2. The van der Waals surface area contributed by atoms with Crippen LogP contribution in [0, 0.1) is 0 Å². The number of carbonyl (C=O) groups is 1. The summed E-state index contributed by atoms with van der Waals surface area (Å²) in [6.45, 7) is 0. The Balaban J connectivity index is 1.54. The summed E-state index contributed by atoms with van der Waals surface area (Å²) in [6.07, 6.45) is 4.23. The summed E-state index contributed by atoms with van der Waals surface area (Å²) in [4.78, 5) is 13.1. The van der Waals surface area contributed by atoms with Crippen LogP contribution in [0.3, 0.4) is 0 Å². The van der Waals surface area contributed by atoms with Gasteiger partial charge in [-0.2, -0.15) is 5.10 Å². The lowest BCUT2D eigenvalue weighted by atomic mass is 9.98. The summed E-state index contributed by atoms with van der Waals surface area (Å²) in [7, 11) is 3.28. The first-order valence-corrected chi connectivity index (χ1v) is 10.3. The molecule has 0 saturated heterocycles. The molecule has 0 aliphatic carbocycles. The van der Waals surface area contributed by atoms with Gasteiger partial charge >= 0.3 is 0 Å². The van der Waals surface area contributed by atoms with Gasteiger partial charge in [0.2, 0.25) is 0 Å². The van der Waals surface area contributed by atoms with Crippen LogP contribution in [0.2, 0.25) is 0 Å². The molecule has 0 radical (unpaired) electrons. The van der Waals surface area contributed by atoms with E-state index in [9.17, 15) is 4.79 Å². The van der Waals surface area contributed by atoms with E-state index in [2.05, 4.69) is 10.4 Å². The summed E-state index contributed by atoms with van der Waals surface area (Å²) < 4.78 is 12.3. The third-order valence-electron chi connectivity index (χ3n) is 5.32. The van der Waals surface area contributed by atoms with Crippen molar-refractivity contribution in [3.05, 3.63) is 108 Å². The van der Waals surface area contributed by atoms with Crippen molar-refractivity contribution in [1.29, 1.82) is 0 Å². The zero-order valence-electron chi connectivity index (χ0n) is 18.1. The third-order valence-corrected chi connectivity index (χ3v) is 5.32. The molecule has 32 heavy (non-hydrogen) atoms. The Bertz CT molecular complexity index is 1140. The summed E-state index contributed by atoms with van der Waals surface area (Å²) in [5.74, 6) is 1.44. The number of rotatable bonds is 8. The van der Waals surface area contributed by atoms with Crippen molar-refractivity contribution in [2.45, 2.75) is 12.5 Å². The van der Waals surface area contributed by atoms with E-state index in [1.54, 1.807) is 25.1 Å². The molecule has 162 valence electrons. The van der Waals surface area contributed by atoms with Gasteiger partial charge in [0.25, 0.3) is 5.91 Å². The summed E-state index contributed by atoms with van der Waals surface area (Å²) in [5, 5.41) is 7.40. The van der Waals surface area contributed by atoms with Crippen LogP contribution >= 0.6 is 0 Å². The highest BCUT2D eigenvalue weighted by molar-refractivity contribution is 5.94. The van der Waals surface area contributed by atoms with Gasteiger partial charge in [-0.25, -0.2) is 4.68 Å². The molecule has 4 aromatic rings. The van der Waals surface area contributed by atoms with Crippen molar-refractivity contribution < 1.29 is 14.3 Å². The van der Waals surface area contributed by atoms with E-state index in [1.807, 2.05) is 85.1 Å². The molecular weight excluding hydrogens is 402 g/mol. The second-order valence-electron chi connectivity index (χ2n) is 7.35. The number of amides is 1. The lowest BCUT2D eigenvalue weighted by Gasteiger charge is -2.20. The molecule has 6 heteroatoms. The maximum atomic E-state index is 13.1. The Hall–Kier alpha value is -4.06. The van der Waals surface area contributed by atoms with E-state index >= 15 is 0 Å². The summed E-state index contributed by atoms with van der Waals surface area (Å²) >= 11 is 0. The molecule has 1 heterocycles. The second kappa shape index (κ2) is 9.83. The Morgan fingerprint density at radius 2 is 1.53 bits per heavy atom. The normalized spacial score (nSPS) is 11.6. The fourth-order valence-electron chi connectivity index (χ4n) is 3.51. The molecule has 1 amide bonds. The van der Waals surface area contributed by atoms with E-state index in [1.165, 1.54) is 0 Å². The van der Waals surface area contributed by atoms with Crippen LogP contribution in [0.15, 0.2) is 91.3 Å². The molecule has 0 aliphatic heterocycles. The predicted octanol–water partition coefficient (Wildman–Crippen LogP) is 4.60. The van der Waals surface area contributed by atoms with Gasteiger partial charge in [-0.1, -0.05) is 24.3 Å². The number of benzene rings is 3. The number of carbonyl (C=O) groups excluding carboxylic acids is 1. The first-order chi connectivity index (χ1) is 15.7. The van der Waals surface area contributed by atoms with Crippen LogP contribution in [0.4, 0.5) is 0 Å². The number of aromatic nitrogens is 2. The fraction of sp³-hybridized carbons (Fsp3) is 0.154. The average Bonchev–Trinajstić information content (AvgIpc) is 3.39. The third kappa shape index (κ3) is 4.98. The van der Waals surface area contributed by atoms with Crippen molar-refractivity contribution in [3.8, 4) is 17.2 Å². The Morgan fingerprint density at radius 1 is 0.906 bits per heavy atom. The lowest BCUT2D eigenvalue weighted by molar-refractivity contribution is 0.0936. The molecular formula is C26H25N3O3. The van der Waals surface area contributed by atoms with Gasteiger partial charge in [0.1, 0.15) is 11.5 Å². The molecule has 0 unspecified atom stereocenters. The second-order valence-corrected chi connectivity index (χ2v) is 7.35. The van der Waals surface area contributed by atoms with Crippen LogP contribution in [-0.4, -0.2) is 29.9 Å². The number of methoxy groups -OCH3 is 2. The van der Waals surface area contributed by atoms with Gasteiger partial charge in [0, 0.05) is 18.0 Å². The van der Waals surface area contributed by atoms with Crippen molar-refractivity contribution in [2.24, 2.45) is 0 Å². The smallest absolute Gasteiger partial charge is 0.251 e. The predicted molar refractivity (Wildman–Crippen MR) is 123 cm³/mol. The van der Waals surface area contributed by atoms with E-state index in [0.29, 0.717) is 12.0 Å². The Labute approximate surface area is 187 Å². The highest BCUT2D eigenvalue weighted by Crippen LogP contribution is 2.23. The average molecular weight is 428 g/mol. The maximum absolute atomic E-state index is 13.1. The summed E-state index contributed by atoms with van der Waals surface area (Å²) in [6, 6.07) is 24.7. The first kappa shape index (κ1) is 21.2. The van der Waals surface area contributed by atoms with Gasteiger partial charge < -0.3 is 14.8 Å².